The number of rotatable bonds is 6. The number of nitrogens with zero attached hydrogens (tertiary/aromatic N) is 2. The predicted octanol–water partition coefficient (Wildman–Crippen LogP) is 5.66. The predicted molar refractivity (Wildman–Crippen MR) is 110 cm³/mol. The molecule has 1 aromatic rings. The van der Waals surface area contributed by atoms with E-state index in [1.807, 2.05) is 42.5 Å². The first kappa shape index (κ1) is 21.7. The molecule has 0 spiro atoms. The average molecular weight is 379 g/mol. The third-order valence-corrected chi connectivity index (χ3v) is 5.30. The first-order valence-electron chi connectivity index (χ1n) is 10.1. The smallest absolute Gasteiger partial charge is 0.328 e. The van der Waals surface area contributed by atoms with Gasteiger partial charge in [0.1, 0.15) is 5.60 Å². The van der Waals surface area contributed by atoms with E-state index < -0.39 is 22.9 Å². The van der Waals surface area contributed by atoms with Gasteiger partial charge in [0.25, 0.3) is 0 Å². The van der Waals surface area contributed by atoms with Gasteiger partial charge >= 0.3 is 5.97 Å². The van der Waals surface area contributed by atoms with Crippen molar-refractivity contribution in [2.75, 3.05) is 0 Å². The van der Waals surface area contributed by atoms with Crippen LogP contribution in [0.15, 0.2) is 36.4 Å². The lowest BCUT2D eigenvalue weighted by Gasteiger charge is -2.36. The first-order chi connectivity index (χ1) is 13.3. The molecule has 1 aliphatic rings. The number of hydrogen-bond acceptors (Lipinski definition) is 4. The maximum absolute atomic E-state index is 13.2. The molecule has 148 valence electrons. The van der Waals surface area contributed by atoms with Crippen molar-refractivity contribution in [2.45, 2.75) is 64.9 Å². The van der Waals surface area contributed by atoms with Crippen LogP contribution >= 0.6 is 0 Å². The molecule has 4 nitrogen and oxygen atoms in total. The highest BCUT2D eigenvalue weighted by Crippen LogP contribution is 2.44. The zero-order chi connectivity index (χ0) is 20.6. The van der Waals surface area contributed by atoms with E-state index in [1.54, 1.807) is 20.8 Å². The summed E-state index contributed by atoms with van der Waals surface area (Å²) in [5, 5.41) is 20.1. The topological polar surface area (TPSA) is 73.9 Å². The Morgan fingerprint density at radius 3 is 2.36 bits per heavy atom. The van der Waals surface area contributed by atoms with E-state index in [0.717, 1.165) is 37.7 Å². The fourth-order valence-electron chi connectivity index (χ4n) is 3.90. The van der Waals surface area contributed by atoms with Crippen molar-refractivity contribution in [3.8, 4) is 12.1 Å². The normalized spacial score (nSPS) is 18.6. The van der Waals surface area contributed by atoms with E-state index in [0.29, 0.717) is 0 Å². The van der Waals surface area contributed by atoms with Crippen LogP contribution in [0.5, 0.6) is 0 Å². The molecule has 0 aromatic heterocycles. The van der Waals surface area contributed by atoms with Crippen LogP contribution in [-0.2, 0) is 9.53 Å². The van der Waals surface area contributed by atoms with Crippen molar-refractivity contribution < 1.29 is 9.53 Å². The molecule has 1 aromatic carbocycles. The standard InChI is InChI=1S/C24H30N2O2/c1-23(2,3)28-22(27)24(18-26,16-10-13-19-11-6-4-7-12-19)21(17-25)20-14-8-5-9-15-20/h4,6-7,10-13,20-21H,5,8-9,14-16H2,1-3H3/b13-10+/t21-,24-/m0/s1. The molecule has 2 atom stereocenters. The Hall–Kier alpha value is -2.59. The zero-order valence-corrected chi connectivity index (χ0v) is 17.1. The van der Waals surface area contributed by atoms with Crippen molar-refractivity contribution in [3.05, 3.63) is 42.0 Å². The number of ether oxygens (including phenoxy) is 1. The molecule has 4 heteroatoms. The second kappa shape index (κ2) is 9.56. The lowest BCUT2D eigenvalue weighted by Crippen LogP contribution is -2.44. The van der Waals surface area contributed by atoms with Crippen LogP contribution in [0.3, 0.4) is 0 Å². The quantitative estimate of drug-likeness (QED) is 0.598. The van der Waals surface area contributed by atoms with Crippen LogP contribution in [0.1, 0.15) is 64.9 Å². The molecule has 0 unspecified atom stereocenters. The number of esters is 1. The largest absolute Gasteiger partial charge is 0.459 e. The van der Waals surface area contributed by atoms with Crippen LogP contribution in [0.2, 0.25) is 0 Å². The van der Waals surface area contributed by atoms with Gasteiger partial charge < -0.3 is 4.74 Å². The van der Waals surface area contributed by atoms with Crippen molar-refractivity contribution >= 4 is 12.0 Å². The third kappa shape index (κ3) is 5.46. The summed E-state index contributed by atoms with van der Waals surface area (Å²) in [4.78, 5) is 13.2. The summed E-state index contributed by atoms with van der Waals surface area (Å²) in [5.74, 6) is -1.21. The Morgan fingerprint density at radius 1 is 1.18 bits per heavy atom. The minimum Gasteiger partial charge on any atom is -0.459 e. The van der Waals surface area contributed by atoms with E-state index in [4.69, 9.17) is 4.74 Å². The van der Waals surface area contributed by atoms with E-state index in [1.165, 1.54) is 0 Å². The molecule has 1 aliphatic carbocycles. The second-order valence-corrected chi connectivity index (χ2v) is 8.61. The van der Waals surface area contributed by atoms with Crippen LogP contribution in [0.4, 0.5) is 0 Å². The molecule has 0 aliphatic heterocycles. The summed E-state index contributed by atoms with van der Waals surface area (Å²) < 4.78 is 5.62. The summed E-state index contributed by atoms with van der Waals surface area (Å²) in [6.45, 7) is 5.36. The van der Waals surface area contributed by atoms with Gasteiger partial charge in [0.2, 0.25) is 0 Å². The summed E-state index contributed by atoms with van der Waals surface area (Å²) in [7, 11) is 0. The fraction of sp³-hybridized carbons (Fsp3) is 0.542. The molecule has 2 rings (SSSR count). The third-order valence-electron chi connectivity index (χ3n) is 5.30. The zero-order valence-electron chi connectivity index (χ0n) is 17.1. The number of carbonyl (C=O) groups excluding carboxylic acids is 1. The van der Waals surface area contributed by atoms with Crippen LogP contribution in [0, 0.1) is 39.9 Å². The van der Waals surface area contributed by atoms with Gasteiger partial charge in [-0.05, 0) is 51.5 Å². The van der Waals surface area contributed by atoms with E-state index in [2.05, 4.69) is 12.1 Å². The van der Waals surface area contributed by atoms with Gasteiger partial charge in [-0.25, -0.2) is 0 Å². The van der Waals surface area contributed by atoms with Crippen molar-refractivity contribution in [1.82, 2.24) is 0 Å². The molecule has 1 saturated carbocycles. The molecule has 0 amide bonds. The maximum atomic E-state index is 13.2. The second-order valence-electron chi connectivity index (χ2n) is 8.61. The SMILES string of the molecule is CC(C)(C)OC(=O)[C@](C#N)(C/C=C/c1ccccc1)[C@@H](C#N)C1CCCCC1. The number of carbonyl (C=O) groups is 1. The van der Waals surface area contributed by atoms with Gasteiger partial charge in [-0.15, -0.1) is 0 Å². The monoisotopic (exact) mass is 378 g/mol. The Morgan fingerprint density at radius 2 is 1.82 bits per heavy atom. The lowest BCUT2D eigenvalue weighted by atomic mass is 9.65. The van der Waals surface area contributed by atoms with Crippen molar-refractivity contribution in [3.63, 3.8) is 0 Å². The van der Waals surface area contributed by atoms with E-state index in [-0.39, 0.29) is 12.3 Å². The summed E-state index contributed by atoms with van der Waals surface area (Å²) in [5.41, 5.74) is -1.21. The molecule has 0 bridgehead atoms. The van der Waals surface area contributed by atoms with Crippen LogP contribution in [0.25, 0.3) is 6.08 Å². The minimum absolute atomic E-state index is 0.0519. The number of nitriles is 2. The van der Waals surface area contributed by atoms with Crippen molar-refractivity contribution in [2.24, 2.45) is 17.3 Å². The maximum Gasteiger partial charge on any atom is 0.328 e. The molecular formula is C24H30N2O2. The van der Waals surface area contributed by atoms with E-state index >= 15 is 0 Å². The van der Waals surface area contributed by atoms with E-state index in [9.17, 15) is 15.3 Å². The highest BCUT2D eigenvalue weighted by molar-refractivity contribution is 5.82. The molecule has 0 heterocycles. The molecule has 28 heavy (non-hydrogen) atoms. The van der Waals surface area contributed by atoms with Gasteiger partial charge in [0.05, 0.1) is 18.1 Å². The summed E-state index contributed by atoms with van der Waals surface area (Å²) in [6.07, 6.45) is 8.88. The lowest BCUT2D eigenvalue weighted by molar-refractivity contribution is -0.167. The Kier molecular flexibility index (Phi) is 7.41. The minimum atomic E-state index is -1.49. The van der Waals surface area contributed by atoms with Gasteiger partial charge in [-0.2, -0.15) is 10.5 Å². The number of allylic oxidation sites excluding steroid dienone is 1. The number of hydrogen-bond donors (Lipinski definition) is 0. The van der Waals surface area contributed by atoms with Gasteiger partial charge in [-0.3, -0.25) is 4.79 Å². The molecular weight excluding hydrogens is 348 g/mol. The average Bonchev–Trinajstić information content (AvgIpc) is 2.67. The van der Waals surface area contributed by atoms with Gasteiger partial charge in [-0.1, -0.05) is 61.7 Å². The number of benzene rings is 1. The molecule has 0 N–H and O–H groups in total. The highest BCUT2D eigenvalue weighted by atomic mass is 16.6. The van der Waals surface area contributed by atoms with Gasteiger partial charge in [0.15, 0.2) is 5.41 Å². The Balaban J connectivity index is 2.37. The molecule has 0 radical (unpaired) electrons. The molecule has 0 saturated heterocycles. The first-order valence-corrected chi connectivity index (χ1v) is 10.1. The van der Waals surface area contributed by atoms with Crippen LogP contribution < -0.4 is 0 Å². The van der Waals surface area contributed by atoms with Crippen LogP contribution in [-0.4, -0.2) is 11.6 Å². The Labute approximate surface area is 168 Å². The van der Waals surface area contributed by atoms with Gasteiger partial charge in [0, 0.05) is 0 Å². The molecule has 1 fully saturated rings. The fourth-order valence-corrected chi connectivity index (χ4v) is 3.90. The summed E-state index contributed by atoms with van der Waals surface area (Å²) >= 11 is 0. The van der Waals surface area contributed by atoms with Crippen molar-refractivity contribution in [1.29, 1.82) is 10.5 Å². The summed E-state index contributed by atoms with van der Waals surface area (Å²) in [6, 6.07) is 14.3. The Bertz CT molecular complexity index is 759. The highest BCUT2D eigenvalue weighted by Gasteiger charge is 2.51.